The number of methoxy groups -OCH3 is 1. The number of ether oxygens (including phenoxy) is 1. The molecule has 0 fully saturated rings. The Balaban J connectivity index is 1.90. The van der Waals surface area contributed by atoms with Crippen molar-refractivity contribution >= 4 is 45.1 Å². The highest BCUT2D eigenvalue weighted by molar-refractivity contribution is 9.11. The Morgan fingerprint density at radius 3 is 2.71 bits per heavy atom. The minimum Gasteiger partial charge on any atom is -0.494 e. The summed E-state index contributed by atoms with van der Waals surface area (Å²) in [5.74, 6) is 0.809. The Morgan fingerprint density at radius 1 is 1.21 bits per heavy atom. The average molecular weight is 402 g/mol. The number of aromatic amines is 2. The zero-order valence-corrected chi connectivity index (χ0v) is 15.9. The van der Waals surface area contributed by atoms with Crippen molar-refractivity contribution in [1.82, 2.24) is 9.97 Å². The van der Waals surface area contributed by atoms with Crippen LogP contribution in [-0.2, 0) is 0 Å². The Kier molecular flexibility index (Phi) is 3.73. The maximum Gasteiger partial charge on any atom is 0.144 e. The molecule has 4 nitrogen and oxygen atoms in total. The topological polar surface area (TPSA) is 53.2 Å². The summed E-state index contributed by atoms with van der Waals surface area (Å²) in [6.07, 6.45) is 4.17. The summed E-state index contributed by atoms with van der Waals surface area (Å²) < 4.78 is 7.67. The standard InChI is InChI=1S/C18H16BrN3OS/c1-9-4-10(2)20-12(9)7-15-16(23-3)8-14(21-15)13-5-11-6-17(19)24-18(11)22-13/h4-8,20-21H,1-3H3. The predicted molar refractivity (Wildman–Crippen MR) is 101 cm³/mol. The number of hydrogen-bond acceptors (Lipinski definition) is 3. The summed E-state index contributed by atoms with van der Waals surface area (Å²) in [6, 6.07) is 6.22. The van der Waals surface area contributed by atoms with Crippen molar-refractivity contribution in [3.8, 4) is 5.75 Å². The second kappa shape index (κ2) is 5.79. The van der Waals surface area contributed by atoms with Crippen LogP contribution < -0.4 is 25.3 Å². The van der Waals surface area contributed by atoms with Gasteiger partial charge in [-0.15, -0.1) is 11.3 Å². The first-order valence-electron chi connectivity index (χ1n) is 7.54. The maximum absolute atomic E-state index is 5.53. The van der Waals surface area contributed by atoms with Crippen LogP contribution in [0, 0.1) is 13.8 Å². The van der Waals surface area contributed by atoms with Crippen LogP contribution in [0.5, 0.6) is 5.75 Å². The molecule has 2 N–H and O–H groups in total. The van der Waals surface area contributed by atoms with E-state index in [9.17, 15) is 0 Å². The van der Waals surface area contributed by atoms with Gasteiger partial charge in [-0.05, 0) is 59.6 Å². The SMILES string of the molecule is COc1cc(=C2C=c3cc(Br)sc3=N2)[nH]c1=Cc1[nH]c(C)cc1C. The quantitative estimate of drug-likeness (QED) is 0.676. The molecule has 6 heteroatoms. The Bertz CT molecular complexity index is 1140. The van der Waals surface area contributed by atoms with Crippen LogP contribution in [0.4, 0.5) is 0 Å². The van der Waals surface area contributed by atoms with Gasteiger partial charge in [-0.1, -0.05) is 0 Å². The van der Waals surface area contributed by atoms with Crippen molar-refractivity contribution < 1.29 is 4.74 Å². The third kappa shape index (κ3) is 2.65. The summed E-state index contributed by atoms with van der Waals surface area (Å²) in [4.78, 5) is 11.5. The van der Waals surface area contributed by atoms with Gasteiger partial charge in [0.2, 0.25) is 0 Å². The van der Waals surface area contributed by atoms with Crippen LogP contribution in [0.15, 0.2) is 27.0 Å². The lowest BCUT2D eigenvalue weighted by atomic mass is 10.2. The van der Waals surface area contributed by atoms with Gasteiger partial charge < -0.3 is 14.7 Å². The number of thiophene rings is 1. The third-order valence-electron chi connectivity index (χ3n) is 4.01. The molecule has 0 unspecified atom stereocenters. The van der Waals surface area contributed by atoms with E-state index >= 15 is 0 Å². The molecule has 4 heterocycles. The third-order valence-corrected chi connectivity index (χ3v) is 5.56. The molecule has 0 bridgehead atoms. The minimum atomic E-state index is 0.809. The molecule has 0 aromatic carbocycles. The van der Waals surface area contributed by atoms with E-state index in [0.29, 0.717) is 0 Å². The molecule has 0 atom stereocenters. The van der Waals surface area contributed by atoms with E-state index < -0.39 is 0 Å². The van der Waals surface area contributed by atoms with Crippen molar-refractivity contribution in [3.63, 3.8) is 0 Å². The Hall–Kier alpha value is -2.05. The van der Waals surface area contributed by atoms with E-state index in [0.717, 1.165) is 47.2 Å². The van der Waals surface area contributed by atoms with E-state index in [1.165, 1.54) is 5.56 Å². The zero-order chi connectivity index (χ0) is 16.8. The smallest absolute Gasteiger partial charge is 0.144 e. The summed E-state index contributed by atoms with van der Waals surface area (Å²) in [7, 11) is 1.69. The summed E-state index contributed by atoms with van der Waals surface area (Å²) in [5, 5.41) is 3.04. The predicted octanol–water partition coefficient (Wildman–Crippen LogP) is 1.84. The van der Waals surface area contributed by atoms with Gasteiger partial charge in [-0.25, -0.2) is 4.99 Å². The fraction of sp³-hybridized carbons (Fsp3) is 0.167. The lowest BCUT2D eigenvalue weighted by Gasteiger charge is -1.94. The van der Waals surface area contributed by atoms with E-state index in [4.69, 9.17) is 9.73 Å². The number of halogens is 1. The van der Waals surface area contributed by atoms with Crippen LogP contribution in [0.25, 0.3) is 17.8 Å². The number of nitrogens with zero attached hydrogens (tertiary/aromatic N) is 1. The lowest BCUT2D eigenvalue weighted by Crippen LogP contribution is -2.12. The van der Waals surface area contributed by atoms with Gasteiger partial charge in [0, 0.05) is 22.7 Å². The first-order chi connectivity index (χ1) is 11.5. The van der Waals surface area contributed by atoms with Crippen molar-refractivity contribution in [3.05, 3.63) is 59.5 Å². The first kappa shape index (κ1) is 15.5. The molecule has 4 rings (SSSR count). The molecule has 1 aliphatic rings. The Morgan fingerprint density at radius 2 is 2.04 bits per heavy atom. The molecule has 0 spiro atoms. The Labute approximate surface area is 151 Å². The fourth-order valence-electron chi connectivity index (χ4n) is 2.89. The van der Waals surface area contributed by atoms with E-state index in [1.54, 1.807) is 18.4 Å². The number of hydrogen-bond donors (Lipinski definition) is 2. The van der Waals surface area contributed by atoms with Gasteiger partial charge in [-0.2, -0.15) is 0 Å². The molecule has 0 aliphatic carbocycles. The molecule has 24 heavy (non-hydrogen) atoms. The average Bonchev–Trinajstić information content (AvgIpc) is 3.23. The van der Waals surface area contributed by atoms with E-state index in [1.807, 2.05) is 6.07 Å². The van der Waals surface area contributed by atoms with Gasteiger partial charge in [0.1, 0.15) is 10.4 Å². The molecule has 1 aliphatic heterocycles. The number of H-pyrrole nitrogens is 2. The second-order valence-corrected chi connectivity index (χ2v) is 8.22. The maximum atomic E-state index is 5.53. The summed E-state index contributed by atoms with van der Waals surface area (Å²) in [6.45, 7) is 4.15. The summed E-state index contributed by atoms with van der Waals surface area (Å²) in [5.41, 5.74) is 4.37. The number of rotatable bonds is 2. The van der Waals surface area contributed by atoms with Crippen molar-refractivity contribution in [2.24, 2.45) is 4.99 Å². The number of aryl methyl sites for hydroxylation is 2. The number of aromatic nitrogens is 2. The van der Waals surface area contributed by atoms with Crippen LogP contribution in [0.1, 0.15) is 17.0 Å². The largest absolute Gasteiger partial charge is 0.494 e. The molecule has 0 saturated carbocycles. The van der Waals surface area contributed by atoms with Crippen molar-refractivity contribution in [2.75, 3.05) is 7.11 Å². The molecule has 3 aromatic heterocycles. The highest BCUT2D eigenvalue weighted by Crippen LogP contribution is 2.13. The molecule has 0 radical (unpaired) electrons. The van der Waals surface area contributed by atoms with Crippen LogP contribution in [0.3, 0.4) is 0 Å². The van der Waals surface area contributed by atoms with Crippen molar-refractivity contribution in [2.45, 2.75) is 13.8 Å². The zero-order valence-electron chi connectivity index (χ0n) is 13.5. The highest BCUT2D eigenvalue weighted by Gasteiger charge is 2.08. The number of fused-ring (bicyclic) bond motifs is 1. The lowest BCUT2D eigenvalue weighted by molar-refractivity contribution is 0.412. The molecular formula is C18H16BrN3OS. The van der Waals surface area contributed by atoms with Gasteiger partial charge in [-0.3, -0.25) is 0 Å². The summed E-state index contributed by atoms with van der Waals surface area (Å²) >= 11 is 5.14. The molecule has 122 valence electrons. The van der Waals surface area contributed by atoms with Crippen LogP contribution in [0.2, 0.25) is 0 Å². The molecular weight excluding hydrogens is 386 g/mol. The van der Waals surface area contributed by atoms with Crippen LogP contribution >= 0.6 is 27.3 Å². The minimum absolute atomic E-state index is 0.809. The fourth-order valence-corrected chi connectivity index (χ4v) is 4.35. The van der Waals surface area contributed by atoms with Crippen molar-refractivity contribution in [1.29, 1.82) is 0 Å². The molecule has 0 amide bonds. The highest BCUT2D eigenvalue weighted by atomic mass is 79.9. The molecule has 0 saturated heterocycles. The van der Waals surface area contributed by atoms with Gasteiger partial charge in [0.15, 0.2) is 0 Å². The van der Waals surface area contributed by atoms with Crippen LogP contribution in [-0.4, -0.2) is 17.1 Å². The van der Waals surface area contributed by atoms with Gasteiger partial charge in [0.25, 0.3) is 0 Å². The normalized spacial score (nSPS) is 16.1. The van der Waals surface area contributed by atoms with Gasteiger partial charge >= 0.3 is 0 Å². The first-order valence-corrected chi connectivity index (χ1v) is 9.15. The monoisotopic (exact) mass is 401 g/mol. The second-order valence-electron chi connectivity index (χ2n) is 5.81. The number of nitrogens with one attached hydrogen (secondary N) is 2. The van der Waals surface area contributed by atoms with E-state index in [-0.39, 0.29) is 0 Å². The van der Waals surface area contributed by atoms with Gasteiger partial charge in [0.05, 0.1) is 27.3 Å². The van der Waals surface area contributed by atoms with E-state index in [2.05, 4.69) is 64.0 Å². The molecule has 3 aromatic rings.